The Kier molecular flexibility index (Phi) is 7.11. The Morgan fingerprint density at radius 2 is 1.86 bits per heavy atom. The zero-order valence-corrected chi connectivity index (χ0v) is 17.3. The van der Waals surface area contributed by atoms with Crippen LogP contribution in [0.3, 0.4) is 0 Å². The maximum atomic E-state index is 13.0. The molecule has 2 aromatic rings. The third kappa shape index (κ3) is 4.67. The molecule has 150 valence electrons. The number of benzene rings is 2. The quantitative estimate of drug-likeness (QED) is 0.390. The fourth-order valence-electron chi connectivity index (χ4n) is 2.59. The summed E-state index contributed by atoms with van der Waals surface area (Å²) < 4.78 is 27.1. The van der Waals surface area contributed by atoms with Crippen LogP contribution < -0.4 is 5.43 Å². The number of rotatable bonds is 8. The van der Waals surface area contributed by atoms with Gasteiger partial charge in [-0.2, -0.15) is 9.41 Å². The van der Waals surface area contributed by atoms with Crippen molar-refractivity contribution >= 4 is 38.7 Å². The van der Waals surface area contributed by atoms with E-state index in [1.54, 1.807) is 39.0 Å². The summed E-state index contributed by atoms with van der Waals surface area (Å²) in [5, 5.41) is 15.8. The van der Waals surface area contributed by atoms with Crippen molar-refractivity contribution in [3.8, 4) is 0 Å². The molecule has 0 aliphatic rings. The van der Waals surface area contributed by atoms with E-state index in [2.05, 4.69) is 10.5 Å². The fraction of sp³-hybridized carbons (Fsp3) is 0.278. The average Bonchev–Trinajstić information content (AvgIpc) is 2.67. The molecule has 0 spiro atoms. The summed E-state index contributed by atoms with van der Waals surface area (Å²) in [5.74, 6) is 0. The summed E-state index contributed by atoms with van der Waals surface area (Å²) in [6.45, 7) is 5.60. The van der Waals surface area contributed by atoms with Gasteiger partial charge in [0.15, 0.2) is 0 Å². The lowest BCUT2D eigenvalue weighted by molar-refractivity contribution is -0.385. The van der Waals surface area contributed by atoms with Crippen molar-refractivity contribution in [2.24, 2.45) is 5.10 Å². The second-order valence-corrected chi connectivity index (χ2v) is 8.13. The molecule has 0 aromatic heterocycles. The average molecular weight is 425 g/mol. The lowest BCUT2D eigenvalue weighted by Gasteiger charge is -2.20. The van der Waals surface area contributed by atoms with Gasteiger partial charge in [0.2, 0.25) is 10.0 Å². The van der Waals surface area contributed by atoms with Crippen molar-refractivity contribution in [3.05, 3.63) is 63.2 Å². The number of nitrogens with zero attached hydrogens (tertiary/aromatic N) is 3. The summed E-state index contributed by atoms with van der Waals surface area (Å²) in [6.07, 6.45) is 0. The van der Waals surface area contributed by atoms with Crippen LogP contribution in [-0.4, -0.2) is 36.4 Å². The highest BCUT2D eigenvalue weighted by Gasteiger charge is 2.27. The first-order chi connectivity index (χ1) is 13.2. The minimum Gasteiger partial charge on any atom is -0.277 e. The van der Waals surface area contributed by atoms with Crippen LogP contribution in [-0.2, 0) is 10.0 Å². The Morgan fingerprint density at radius 1 is 1.21 bits per heavy atom. The van der Waals surface area contributed by atoms with E-state index in [1.807, 2.05) is 6.07 Å². The lowest BCUT2D eigenvalue weighted by atomic mass is 10.1. The zero-order chi connectivity index (χ0) is 20.9. The Balaban J connectivity index is 2.51. The van der Waals surface area contributed by atoms with Crippen molar-refractivity contribution in [3.63, 3.8) is 0 Å². The molecule has 0 atom stereocenters. The summed E-state index contributed by atoms with van der Waals surface area (Å²) in [7, 11) is -3.94. The molecule has 1 N–H and O–H groups in total. The predicted molar refractivity (Wildman–Crippen MR) is 110 cm³/mol. The van der Waals surface area contributed by atoms with Gasteiger partial charge in [-0.25, -0.2) is 8.42 Å². The van der Waals surface area contributed by atoms with Gasteiger partial charge in [-0.05, 0) is 19.1 Å². The summed E-state index contributed by atoms with van der Waals surface area (Å²) in [4.78, 5) is 10.3. The van der Waals surface area contributed by atoms with E-state index in [4.69, 9.17) is 11.6 Å². The highest BCUT2D eigenvalue weighted by atomic mass is 35.5. The van der Waals surface area contributed by atoms with Crippen molar-refractivity contribution in [2.45, 2.75) is 25.7 Å². The molecule has 2 rings (SSSR count). The molecule has 0 amide bonds. The van der Waals surface area contributed by atoms with Crippen molar-refractivity contribution in [1.29, 1.82) is 0 Å². The van der Waals surface area contributed by atoms with E-state index in [9.17, 15) is 18.5 Å². The van der Waals surface area contributed by atoms with Crippen LogP contribution in [0.1, 0.15) is 26.3 Å². The first-order valence-corrected chi connectivity index (χ1v) is 10.4. The molecule has 2 aromatic carbocycles. The van der Waals surface area contributed by atoms with Gasteiger partial charge >= 0.3 is 0 Å². The molecule has 0 saturated carbocycles. The van der Waals surface area contributed by atoms with Crippen molar-refractivity contribution in [2.75, 3.05) is 18.5 Å². The van der Waals surface area contributed by atoms with Gasteiger partial charge in [-0.3, -0.25) is 15.5 Å². The first kappa shape index (κ1) is 21.8. The van der Waals surface area contributed by atoms with Crippen LogP contribution in [0.2, 0.25) is 5.02 Å². The fourth-order valence-corrected chi connectivity index (χ4v) is 4.48. The van der Waals surface area contributed by atoms with Gasteiger partial charge < -0.3 is 0 Å². The van der Waals surface area contributed by atoms with Crippen LogP contribution >= 0.6 is 11.6 Å². The maximum Gasteiger partial charge on any atom is 0.270 e. The minimum atomic E-state index is -3.94. The van der Waals surface area contributed by atoms with E-state index in [0.29, 0.717) is 16.3 Å². The van der Waals surface area contributed by atoms with Crippen LogP contribution in [0.5, 0.6) is 0 Å². The van der Waals surface area contributed by atoms with Crippen molar-refractivity contribution < 1.29 is 13.3 Å². The number of hydrazone groups is 1. The molecule has 0 heterocycles. The van der Waals surface area contributed by atoms with Gasteiger partial charge in [0.25, 0.3) is 5.69 Å². The number of halogens is 1. The van der Waals surface area contributed by atoms with E-state index in [0.717, 1.165) is 6.07 Å². The molecular weight excluding hydrogens is 404 g/mol. The number of hydrogen-bond acceptors (Lipinski definition) is 6. The molecule has 0 aliphatic heterocycles. The van der Waals surface area contributed by atoms with Gasteiger partial charge in [-0.1, -0.05) is 43.6 Å². The number of nitro benzene ring substituents is 1. The molecule has 0 aliphatic carbocycles. The molecule has 0 fully saturated rings. The Hall–Kier alpha value is -2.49. The topological polar surface area (TPSA) is 105 Å². The SMILES string of the molecule is CCN(CC)S(=O)(=O)c1cc([N+](=O)[O-])ccc1NN=C(C)c1ccccc1Cl. The molecule has 28 heavy (non-hydrogen) atoms. The van der Waals surface area contributed by atoms with Crippen LogP contribution in [0.4, 0.5) is 11.4 Å². The molecule has 0 radical (unpaired) electrons. The van der Waals surface area contributed by atoms with Gasteiger partial charge in [0.05, 0.1) is 16.3 Å². The number of nitrogens with one attached hydrogen (secondary N) is 1. The number of anilines is 1. The van der Waals surface area contributed by atoms with Gasteiger partial charge in [0, 0.05) is 35.8 Å². The molecule has 8 nitrogen and oxygen atoms in total. The van der Waals surface area contributed by atoms with Crippen molar-refractivity contribution in [1.82, 2.24) is 4.31 Å². The highest BCUT2D eigenvalue weighted by Crippen LogP contribution is 2.29. The Labute approximate surface area is 169 Å². The Bertz CT molecular complexity index is 1000. The normalized spacial score (nSPS) is 12.2. The number of hydrogen-bond donors (Lipinski definition) is 1. The standard InChI is InChI=1S/C18H21ClN4O4S/c1-4-22(5-2)28(26,27)18-12-14(23(24)25)10-11-17(18)21-20-13(3)15-8-6-7-9-16(15)19/h6-12,21H,4-5H2,1-3H3. The van der Waals surface area contributed by atoms with Gasteiger partial charge in [-0.15, -0.1) is 0 Å². The first-order valence-electron chi connectivity index (χ1n) is 8.56. The van der Waals surface area contributed by atoms with E-state index in [-0.39, 0.29) is 29.4 Å². The highest BCUT2D eigenvalue weighted by molar-refractivity contribution is 7.89. The van der Waals surface area contributed by atoms with E-state index < -0.39 is 14.9 Å². The summed E-state index contributed by atoms with van der Waals surface area (Å²) >= 11 is 6.15. The minimum absolute atomic E-state index is 0.143. The third-order valence-corrected chi connectivity index (χ3v) is 6.53. The van der Waals surface area contributed by atoms with Crippen LogP contribution in [0.15, 0.2) is 52.5 Å². The second kappa shape index (κ2) is 9.13. The molecular formula is C18H21ClN4O4S. The molecule has 0 unspecified atom stereocenters. The smallest absolute Gasteiger partial charge is 0.270 e. The third-order valence-electron chi connectivity index (χ3n) is 4.11. The van der Waals surface area contributed by atoms with E-state index >= 15 is 0 Å². The van der Waals surface area contributed by atoms with E-state index in [1.165, 1.54) is 16.4 Å². The van der Waals surface area contributed by atoms with Crippen LogP contribution in [0, 0.1) is 10.1 Å². The zero-order valence-electron chi connectivity index (χ0n) is 15.7. The number of nitro groups is 1. The molecule has 10 heteroatoms. The second-order valence-electron chi connectivity index (χ2n) is 5.82. The molecule has 0 saturated heterocycles. The largest absolute Gasteiger partial charge is 0.277 e. The number of sulfonamides is 1. The monoisotopic (exact) mass is 424 g/mol. The van der Waals surface area contributed by atoms with Crippen LogP contribution in [0.25, 0.3) is 0 Å². The van der Waals surface area contributed by atoms with Gasteiger partial charge in [0.1, 0.15) is 4.90 Å². The lowest BCUT2D eigenvalue weighted by Crippen LogP contribution is -2.31. The summed E-state index contributed by atoms with van der Waals surface area (Å²) in [6, 6.07) is 10.7. The molecule has 0 bridgehead atoms. The Morgan fingerprint density at radius 3 is 2.43 bits per heavy atom. The maximum absolute atomic E-state index is 13.0. The summed E-state index contributed by atoms with van der Waals surface area (Å²) in [5.41, 5.74) is 3.76. The predicted octanol–water partition coefficient (Wildman–Crippen LogP) is 4.11. The number of non-ortho nitro benzene ring substituents is 1.